The van der Waals surface area contributed by atoms with Gasteiger partial charge < -0.3 is 9.47 Å². The molecule has 1 rings (SSSR count). The van der Waals surface area contributed by atoms with Crippen molar-refractivity contribution in [3.05, 3.63) is 11.3 Å². The Kier molecular flexibility index (Phi) is 8.70. The number of hydrogen-bond donors (Lipinski definition) is 0. The summed E-state index contributed by atoms with van der Waals surface area (Å²) in [6, 6.07) is 0. The number of allylic oxidation sites excluding steroid dienone is 2. The molecule has 0 N–H and O–H groups in total. The fourth-order valence-electron chi connectivity index (χ4n) is 3.67. The van der Waals surface area contributed by atoms with E-state index in [2.05, 4.69) is 0 Å². The van der Waals surface area contributed by atoms with Crippen LogP contribution < -0.4 is 0 Å². The second-order valence-corrected chi connectivity index (χ2v) is 7.82. The Morgan fingerprint density at radius 3 is 2.22 bits per heavy atom. The molecule has 5 nitrogen and oxygen atoms in total. The third-order valence-corrected chi connectivity index (χ3v) is 5.95. The van der Waals surface area contributed by atoms with E-state index in [1.807, 2.05) is 41.5 Å². The number of rotatable bonds is 9. The third kappa shape index (κ3) is 5.20. The van der Waals surface area contributed by atoms with Crippen molar-refractivity contribution in [1.82, 2.24) is 0 Å². The van der Waals surface area contributed by atoms with Crippen LogP contribution in [0.4, 0.5) is 0 Å². The summed E-state index contributed by atoms with van der Waals surface area (Å²) in [5, 5.41) is 0. The van der Waals surface area contributed by atoms with Crippen LogP contribution in [0.3, 0.4) is 0 Å². The monoisotopic (exact) mass is 380 g/mol. The molecule has 0 aromatic heterocycles. The molecule has 0 saturated carbocycles. The summed E-state index contributed by atoms with van der Waals surface area (Å²) in [6.45, 7) is 14.9. The molecule has 0 aromatic rings. The lowest BCUT2D eigenvalue weighted by atomic mass is 9.78. The molecule has 0 unspecified atom stereocenters. The first-order valence-corrected chi connectivity index (χ1v) is 10.2. The summed E-state index contributed by atoms with van der Waals surface area (Å²) in [5.74, 6) is -0.804. The highest BCUT2D eigenvalue weighted by atomic mass is 16.5. The molecule has 5 heteroatoms. The van der Waals surface area contributed by atoms with E-state index in [-0.39, 0.29) is 35.3 Å². The van der Waals surface area contributed by atoms with Crippen LogP contribution in [0.1, 0.15) is 74.7 Å². The minimum Gasteiger partial charge on any atom is -0.493 e. The summed E-state index contributed by atoms with van der Waals surface area (Å²) < 4.78 is 12.0. The van der Waals surface area contributed by atoms with E-state index in [9.17, 15) is 14.4 Å². The topological polar surface area (TPSA) is 69.7 Å². The van der Waals surface area contributed by atoms with Gasteiger partial charge in [0.1, 0.15) is 23.8 Å². The van der Waals surface area contributed by atoms with E-state index >= 15 is 0 Å². The molecule has 1 aliphatic rings. The minimum absolute atomic E-state index is 0.0426. The first-order chi connectivity index (χ1) is 12.6. The van der Waals surface area contributed by atoms with Crippen LogP contribution in [0.25, 0.3) is 0 Å². The number of Topliss-reactive ketones (excluding diaryl/α,β-unsaturated/α-hetero) is 2. The summed E-state index contributed by atoms with van der Waals surface area (Å²) >= 11 is 0. The van der Waals surface area contributed by atoms with Crippen molar-refractivity contribution >= 4 is 17.5 Å². The lowest BCUT2D eigenvalue weighted by Crippen LogP contribution is -2.47. The Morgan fingerprint density at radius 1 is 1.15 bits per heavy atom. The molecular weight excluding hydrogens is 344 g/mol. The molecule has 27 heavy (non-hydrogen) atoms. The zero-order valence-electron chi connectivity index (χ0n) is 18.1. The highest BCUT2D eigenvalue weighted by molar-refractivity contribution is 5.98. The van der Waals surface area contributed by atoms with Crippen molar-refractivity contribution < 1.29 is 23.9 Å². The third-order valence-electron chi connectivity index (χ3n) is 5.95. The summed E-state index contributed by atoms with van der Waals surface area (Å²) in [7, 11) is 0. The zero-order valence-corrected chi connectivity index (χ0v) is 18.1. The number of ketones is 2. The molecule has 0 saturated heterocycles. The fourth-order valence-corrected chi connectivity index (χ4v) is 3.67. The van der Waals surface area contributed by atoms with Crippen molar-refractivity contribution in [1.29, 1.82) is 0 Å². The maximum absolute atomic E-state index is 12.7. The van der Waals surface area contributed by atoms with Crippen LogP contribution >= 0.6 is 0 Å². The average Bonchev–Trinajstić information content (AvgIpc) is 2.67. The molecular formula is C22H36O5. The average molecular weight is 381 g/mol. The van der Waals surface area contributed by atoms with Gasteiger partial charge in [0.2, 0.25) is 0 Å². The smallest absolute Gasteiger partial charge is 0.308 e. The molecule has 1 aliphatic heterocycles. The van der Waals surface area contributed by atoms with Crippen LogP contribution in [0, 0.1) is 23.7 Å². The highest BCUT2D eigenvalue weighted by Crippen LogP contribution is 2.35. The quantitative estimate of drug-likeness (QED) is 0.552. The predicted molar refractivity (Wildman–Crippen MR) is 105 cm³/mol. The molecule has 0 aromatic carbocycles. The Labute approximate surface area is 163 Å². The molecule has 0 aliphatic carbocycles. The van der Waals surface area contributed by atoms with Crippen LogP contribution in [0.5, 0.6) is 0 Å². The molecule has 0 amide bonds. The van der Waals surface area contributed by atoms with Gasteiger partial charge in [-0.05, 0) is 13.3 Å². The van der Waals surface area contributed by atoms with Gasteiger partial charge in [0, 0.05) is 24.3 Å². The first-order valence-electron chi connectivity index (χ1n) is 10.2. The predicted octanol–water partition coefficient (Wildman–Crippen LogP) is 4.48. The number of carbonyl (C=O) groups excluding carboxylic acids is 3. The van der Waals surface area contributed by atoms with E-state index in [1.54, 1.807) is 13.8 Å². The van der Waals surface area contributed by atoms with E-state index in [0.717, 1.165) is 0 Å². The van der Waals surface area contributed by atoms with E-state index in [4.69, 9.17) is 9.47 Å². The van der Waals surface area contributed by atoms with Crippen molar-refractivity contribution in [3.8, 4) is 0 Å². The first kappa shape index (κ1) is 23.4. The molecule has 0 bridgehead atoms. The maximum Gasteiger partial charge on any atom is 0.308 e. The van der Waals surface area contributed by atoms with Gasteiger partial charge in [-0.2, -0.15) is 0 Å². The molecule has 154 valence electrons. The minimum atomic E-state index is -0.615. The van der Waals surface area contributed by atoms with Gasteiger partial charge >= 0.3 is 5.97 Å². The molecule has 0 radical (unpaired) electrons. The van der Waals surface area contributed by atoms with Crippen LogP contribution in [0.15, 0.2) is 11.3 Å². The van der Waals surface area contributed by atoms with Crippen LogP contribution in [0.2, 0.25) is 0 Å². The van der Waals surface area contributed by atoms with Gasteiger partial charge in [-0.3, -0.25) is 14.4 Å². The van der Waals surface area contributed by atoms with Gasteiger partial charge in [0.15, 0.2) is 5.78 Å². The van der Waals surface area contributed by atoms with Crippen LogP contribution in [-0.4, -0.2) is 29.7 Å². The number of carbonyl (C=O) groups is 3. The Morgan fingerprint density at radius 2 is 1.74 bits per heavy atom. The summed E-state index contributed by atoms with van der Waals surface area (Å²) in [6.07, 6.45) is 0.652. The Balaban J connectivity index is 3.18. The molecule has 0 fully saturated rings. The number of esters is 1. The normalized spacial score (nSPS) is 24.7. The van der Waals surface area contributed by atoms with Gasteiger partial charge in [-0.25, -0.2) is 0 Å². The van der Waals surface area contributed by atoms with Gasteiger partial charge in [-0.1, -0.05) is 48.5 Å². The molecule has 0 spiro atoms. The lowest BCUT2D eigenvalue weighted by molar-refractivity contribution is -0.166. The van der Waals surface area contributed by atoms with Crippen molar-refractivity contribution in [2.75, 3.05) is 0 Å². The molecule has 6 atom stereocenters. The summed E-state index contributed by atoms with van der Waals surface area (Å²) in [4.78, 5) is 37.5. The Hall–Kier alpha value is -1.65. The Bertz CT molecular complexity index is 592. The second-order valence-electron chi connectivity index (χ2n) is 7.82. The van der Waals surface area contributed by atoms with E-state index < -0.39 is 18.1 Å². The lowest BCUT2D eigenvalue weighted by Gasteiger charge is -2.39. The SMILES string of the molecule is CCC(=O)[C@@H](C)[C@H](OC(=O)[C@H](C)CC)[C@@H](C)[C@@H]1OC(CC)=C(C)C(=O)[C@H]1C. The summed E-state index contributed by atoms with van der Waals surface area (Å²) in [5.41, 5.74) is 0.666. The van der Waals surface area contributed by atoms with Crippen molar-refractivity contribution in [3.63, 3.8) is 0 Å². The largest absolute Gasteiger partial charge is 0.493 e. The second kappa shape index (κ2) is 10.0. The van der Waals surface area contributed by atoms with Gasteiger partial charge in [0.05, 0.1) is 17.8 Å². The number of hydrogen-bond acceptors (Lipinski definition) is 5. The fraction of sp³-hybridized carbons (Fsp3) is 0.773. The maximum atomic E-state index is 12.7. The standard InChI is InChI=1S/C22H36O5/c1-9-12(4)22(25)27-20(13(5)17(23)10-2)16(8)21-15(7)19(24)14(6)18(11-3)26-21/h12-13,15-16,20-21H,9-11H2,1-8H3/t12-,13-,15-,16-,20+,21-/m1/s1. The highest BCUT2D eigenvalue weighted by Gasteiger charge is 2.43. The number of ether oxygens (including phenoxy) is 2. The van der Waals surface area contributed by atoms with Gasteiger partial charge in [0.25, 0.3) is 0 Å². The molecule has 1 heterocycles. The van der Waals surface area contributed by atoms with E-state index in [1.165, 1.54) is 0 Å². The van der Waals surface area contributed by atoms with E-state index in [0.29, 0.717) is 30.6 Å². The van der Waals surface area contributed by atoms with Crippen molar-refractivity contribution in [2.45, 2.75) is 86.9 Å². The zero-order chi connectivity index (χ0) is 20.9. The van der Waals surface area contributed by atoms with Gasteiger partial charge in [-0.15, -0.1) is 0 Å². The van der Waals surface area contributed by atoms with Crippen molar-refractivity contribution in [2.24, 2.45) is 23.7 Å². The van der Waals surface area contributed by atoms with Crippen LogP contribution in [-0.2, 0) is 23.9 Å².